The first-order valence-electron chi connectivity index (χ1n) is 5.70. The molecule has 3 nitrogen and oxygen atoms in total. The van der Waals surface area contributed by atoms with Crippen molar-refractivity contribution in [3.05, 3.63) is 40.2 Å². The standard InChI is InChI=1S/C13H13F2NO2/c14-11(15)6-1-3-8-7-12(18)16-9-4-2-5-10(17)13(8)9/h2,4-5,7,11,17H,1,3,6H2,(H,16,18). The number of phenols is 1. The molecule has 2 aromatic rings. The molecule has 0 saturated heterocycles. The fourth-order valence-electron chi connectivity index (χ4n) is 2.02. The van der Waals surface area contributed by atoms with Crippen LogP contribution in [0.15, 0.2) is 29.1 Å². The quantitative estimate of drug-likeness (QED) is 0.880. The van der Waals surface area contributed by atoms with Crippen LogP contribution in [-0.2, 0) is 6.42 Å². The smallest absolute Gasteiger partial charge is 0.248 e. The number of alkyl halides is 2. The molecule has 0 fully saturated rings. The van der Waals surface area contributed by atoms with Gasteiger partial charge in [0, 0.05) is 17.9 Å². The first-order valence-corrected chi connectivity index (χ1v) is 5.70. The van der Waals surface area contributed by atoms with Gasteiger partial charge in [0.25, 0.3) is 0 Å². The topological polar surface area (TPSA) is 53.1 Å². The van der Waals surface area contributed by atoms with Crippen molar-refractivity contribution < 1.29 is 13.9 Å². The molecule has 1 aromatic heterocycles. The van der Waals surface area contributed by atoms with E-state index in [-0.39, 0.29) is 24.2 Å². The number of aromatic nitrogens is 1. The van der Waals surface area contributed by atoms with E-state index in [1.165, 1.54) is 12.1 Å². The molecule has 2 rings (SSSR count). The van der Waals surface area contributed by atoms with Crippen LogP contribution in [-0.4, -0.2) is 16.5 Å². The summed E-state index contributed by atoms with van der Waals surface area (Å²) in [5, 5.41) is 10.3. The summed E-state index contributed by atoms with van der Waals surface area (Å²) < 4.78 is 24.2. The first-order chi connectivity index (χ1) is 8.58. The van der Waals surface area contributed by atoms with Gasteiger partial charge in [0.15, 0.2) is 0 Å². The zero-order chi connectivity index (χ0) is 13.1. The number of aromatic amines is 1. The summed E-state index contributed by atoms with van der Waals surface area (Å²) in [5.74, 6) is 0.0517. The molecule has 0 saturated carbocycles. The lowest BCUT2D eigenvalue weighted by molar-refractivity contribution is 0.135. The van der Waals surface area contributed by atoms with Crippen molar-refractivity contribution in [1.82, 2.24) is 4.98 Å². The van der Waals surface area contributed by atoms with Crippen molar-refractivity contribution in [1.29, 1.82) is 0 Å². The Kier molecular flexibility index (Phi) is 3.60. The van der Waals surface area contributed by atoms with Crippen LogP contribution in [0, 0.1) is 0 Å². The van der Waals surface area contributed by atoms with Crippen LogP contribution in [0.4, 0.5) is 8.78 Å². The SMILES string of the molecule is O=c1cc(CCCC(F)F)c2c(O)cccc2[nH]1. The molecule has 1 heterocycles. The number of hydrogen-bond acceptors (Lipinski definition) is 2. The lowest BCUT2D eigenvalue weighted by atomic mass is 10.0. The molecule has 5 heteroatoms. The van der Waals surface area contributed by atoms with Gasteiger partial charge in [0.05, 0.1) is 5.52 Å². The fraction of sp³-hybridized carbons (Fsp3) is 0.308. The van der Waals surface area contributed by atoms with Crippen molar-refractivity contribution in [3.8, 4) is 5.75 Å². The van der Waals surface area contributed by atoms with Crippen LogP contribution in [0.3, 0.4) is 0 Å². The highest BCUT2D eigenvalue weighted by molar-refractivity contribution is 5.87. The molecule has 0 bridgehead atoms. The molecular formula is C13H13F2NO2. The molecule has 1 aromatic carbocycles. The predicted molar refractivity (Wildman–Crippen MR) is 65.2 cm³/mol. The Morgan fingerprint density at radius 2 is 2.11 bits per heavy atom. The molecule has 18 heavy (non-hydrogen) atoms. The summed E-state index contributed by atoms with van der Waals surface area (Å²) in [4.78, 5) is 14.0. The van der Waals surface area contributed by atoms with E-state index >= 15 is 0 Å². The summed E-state index contributed by atoms with van der Waals surface area (Å²) >= 11 is 0. The minimum absolute atomic E-state index is 0.0517. The highest BCUT2D eigenvalue weighted by Crippen LogP contribution is 2.26. The summed E-state index contributed by atoms with van der Waals surface area (Å²) in [7, 11) is 0. The van der Waals surface area contributed by atoms with Gasteiger partial charge in [-0.1, -0.05) is 6.07 Å². The summed E-state index contributed by atoms with van der Waals surface area (Å²) in [5.41, 5.74) is 0.835. The third kappa shape index (κ3) is 2.67. The Bertz CT molecular complexity index is 607. The van der Waals surface area contributed by atoms with E-state index in [4.69, 9.17) is 0 Å². The van der Waals surface area contributed by atoms with Gasteiger partial charge in [0.1, 0.15) is 5.75 Å². The Labute approximate surface area is 102 Å². The molecule has 2 N–H and O–H groups in total. The van der Waals surface area contributed by atoms with Gasteiger partial charge in [-0.3, -0.25) is 4.79 Å². The van der Waals surface area contributed by atoms with E-state index in [9.17, 15) is 18.7 Å². The molecule has 0 spiro atoms. The fourth-order valence-corrected chi connectivity index (χ4v) is 2.02. The van der Waals surface area contributed by atoms with Crippen LogP contribution in [0.1, 0.15) is 18.4 Å². The number of rotatable bonds is 4. The molecular weight excluding hydrogens is 240 g/mol. The van der Waals surface area contributed by atoms with E-state index in [1.807, 2.05) is 0 Å². The van der Waals surface area contributed by atoms with Gasteiger partial charge in [-0.25, -0.2) is 8.78 Å². The normalized spacial score (nSPS) is 11.3. The lowest BCUT2D eigenvalue weighted by Gasteiger charge is -2.07. The Balaban J connectivity index is 2.39. The number of benzene rings is 1. The number of hydrogen-bond donors (Lipinski definition) is 2. The third-order valence-corrected chi connectivity index (χ3v) is 2.80. The number of aryl methyl sites for hydroxylation is 1. The third-order valence-electron chi connectivity index (χ3n) is 2.80. The Morgan fingerprint density at radius 3 is 2.83 bits per heavy atom. The number of phenolic OH excluding ortho intramolecular Hbond substituents is 1. The zero-order valence-electron chi connectivity index (χ0n) is 9.62. The van der Waals surface area contributed by atoms with Crippen molar-refractivity contribution >= 4 is 10.9 Å². The minimum Gasteiger partial charge on any atom is -0.507 e. The molecule has 0 radical (unpaired) electrons. The van der Waals surface area contributed by atoms with E-state index in [2.05, 4.69) is 4.98 Å². The van der Waals surface area contributed by atoms with Crippen LogP contribution in [0.25, 0.3) is 10.9 Å². The summed E-state index contributed by atoms with van der Waals surface area (Å²) in [6, 6.07) is 6.16. The van der Waals surface area contributed by atoms with Gasteiger partial charge in [-0.15, -0.1) is 0 Å². The van der Waals surface area contributed by atoms with Gasteiger partial charge in [-0.2, -0.15) is 0 Å². The van der Waals surface area contributed by atoms with Crippen molar-refractivity contribution in [2.24, 2.45) is 0 Å². The first kappa shape index (κ1) is 12.5. The highest BCUT2D eigenvalue weighted by Gasteiger charge is 2.09. The maximum Gasteiger partial charge on any atom is 0.248 e. The van der Waals surface area contributed by atoms with Crippen molar-refractivity contribution in [2.75, 3.05) is 0 Å². The van der Waals surface area contributed by atoms with E-state index in [0.717, 1.165) is 0 Å². The van der Waals surface area contributed by atoms with E-state index in [0.29, 0.717) is 22.9 Å². The molecule has 0 aliphatic rings. The van der Waals surface area contributed by atoms with Gasteiger partial charge in [0.2, 0.25) is 12.0 Å². The highest BCUT2D eigenvalue weighted by atomic mass is 19.3. The lowest BCUT2D eigenvalue weighted by Crippen LogP contribution is -2.07. The number of fused-ring (bicyclic) bond motifs is 1. The maximum absolute atomic E-state index is 12.1. The monoisotopic (exact) mass is 253 g/mol. The van der Waals surface area contributed by atoms with Gasteiger partial charge >= 0.3 is 0 Å². The largest absolute Gasteiger partial charge is 0.507 e. The molecule has 0 aliphatic heterocycles. The second-order valence-electron chi connectivity index (χ2n) is 4.14. The molecule has 96 valence electrons. The van der Waals surface area contributed by atoms with E-state index < -0.39 is 6.43 Å². The number of pyridine rings is 1. The number of aromatic hydroxyl groups is 1. The average Bonchev–Trinajstić information content (AvgIpc) is 2.27. The molecule has 0 atom stereocenters. The second kappa shape index (κ2) is 5.16. The van der Waals surface area contributed by atoms with Gasteiger partial charge in [-0.05, 0) is 30.5 Å². The summed E-state index contributed by atoms with van der Waals surface area (Å²) in [6.45, 7) is 0. The molecule has 0 aliphatic carbocycles. The summed E-state index contributed by atoms with van der Waals surface area (Å²) in [6.07, 6.45) is -1.92. The Hall–Kier alpha value is -1.91. The van der Waals surface area contributed by atoms with Crippen molar-refractivity contribution in [2.45, 2.75) is 25.7 Å². The molecule has 0 amide bonds. The van der Waals surface area contributed by atoms with Gasteiger partial charge < -0.3 is 10.1 Å². The zero-order valence-corrected chi connectivity index (χ0v) is 9.62. The van der Waals surface area contributed by atoms with Crippen LogP contribution >= 0.6 is 0 Å². The van der Waals surface area contributed by atoms with Crippen LogP contribution in [0.2, 0.25) is 0 Å². The second-order valence-corrected chi connectivity index (χ2v) is 4.14. The maximum atomic E-state index is 12.1. The van der Waals surface area contributed by atoms with Crippen LogP contribution < -0.4 is 5.56 Å². The minimum atomic E-state index is -2.34. The Morgan fingerprint density at radius 1 is 1.33 bits per heavy atom. The number of H-pyrrole nitrogens is 1. The number of halogens is 2. The average molecular weight is 253 g/mol. The predicted octanol–water partition coefficient (Wildman–Crippen LogP) is 2.82. The van der Waals surface area contributed by atoms with E-state index in [1.54, 1.807) is 12.1 Å². The molecule has 0 unspecified atom stereocenters. The van der Waals surface area contributed by atoms with Crippen LogP contribution in [0.5, 0.6) is 5.75 Å². The number of nitrogens with one attached hydrogen (secondary N) is 1. The van der Waals surface area contributed by atoms with Crippen molar-refractivity contribution in [3.63, 3.8) is 0 Å².